The molecule has 0 aliphatic carbocycles. The molecule has 1 unspecified atom stereocenters. The first-order chi connectivity index (χ1) is 7.11. The molecule has 0 heterocycles. The van der Waals surface area contributed by atoms with Crippen LogP contribution in [0.15, 0.2) is 0 Å². The average Bonchev–Trinajstić information content (AvgIpc) is 2.17. The summed E-state index contributed by atoms with van der Waals surface area (Å²) in [5.74, 6) is -0.302. The Bertz CT molecular complexity index is 207. The Kier molecular flexibility index (Phi) is 7.62. The van der Waals surface area contributed by atoms with Gasteiger partial charge in [-0.2, -0.15) is 0 Å². The Morgan fingerprint density at radius 3 is 2.40 bits per heavy atom. The molecule has 0 saturated heterocycles. The van der Waals surface area contributed by atoms with E-state index >= 15 is 0 Å². The Morgan fingerprint density at radius 2 is 1.93 bits per heavy atom. The molecule has 88 valence electrons. The Balaban J connectivity index is 3.70. The summed E-state index contributed by atoms with van der Waals surface area (Å²) in [5.41, 5.74) is 0. The Hall–Kier alpha value is -1.10. The van der Waals surface area contributed by atoms with E-state index in [4.69, 9.17) is 4.74 Å². The van der Waals surface area contributed by atoms with Gasteiger partial charge in [-0.3, -0.25) is 9.59 Å². The molecule has 0 radical (unpaired) electrons. The highest BCUT2D eigenvalue weighted by molar-refractivity contribution is 5.75. The lowest BCUT2D eigenvalue weighted by atomic mass is 10.2. The predicted octanol–water partition coefficient (Wildman–Crippen LogP) is 0.0538. The molecule has 2 N–H and O–H groups in total. The summed E-state index contributed by atoms with van der Waals surface area (Å²) in [6.07, 6.45) is 0.679. The van der Waals surface area contributed by atoms with E-state index in [9.17, 15) is 9.59 Å². The number of carbonyl (C=O) groups is 2. The topological polar surface area (TPSA) is 67.4 Å². The summed E-state index contributed by atoms with van der Waals surface area (Å²) in [7, 11) is 0. The van der Waals surface area contributed by atoms with Gasteiger partial charge in [0.25, 0.3) is 0 Å². The molecule has 0 aliphatic heterocycles. The molecule has 1 atom stereocenters. The second-order valence-electron chi connectivity index (χ2n) is 3.15. The third-order valence-electron chi connectivity index (χ3n) is 1.87. The first kappa shape index (κ1) is 13.9. The van der Waals surface area contributed by atoms with Crippen molar-refractivity contribution in [1.29, 1.82) is 0 Å². The van der Waals surface area contributed by atoms with E-state index in [1.54, 1.807) is 6.92 Å². The third kappa shape index (κ3) is 6.90. The molecule has 0 fully saturated rings. The molecule has 0 spiro atoms. The molecule has 0 rings (SSSR count). The van der Waals surface area contributed by atoms with Crippen LogP contribution in [0.3, 0.4) is 0 Å². The molecule has 5 heteroatoms. The quantitative estimate of drug-likeness (QED) is 0.466. The molecule has 0 aliphatic rings. The van der Waals surface area contributed by atoms with Crippen LogP contribution in [0.25, 0.3) is 0 Å². The lowest BCUT2D eigenvalue weighted by Crippen LogP contribution is -2.41. The third-order valence-corrected chi connectivity index (χ3v) is 1.87. The maximum Gasteiger partial charge on any atom is 0.323 e. The van der Waals surface area contributed by atoms with Crippen molar-refractivity contribution in [3.63, 3.8) is 0 Å². The van der Waals surface area contributed by atoms with E-state index in [2.05, 4.69) is 10.6 Å². The molecule has 0 bridgehead atoms. The molecule has 0 saturated carbocycles. The number of nitrogens with one attached hydrogen (secondary N) is 2. The van der Waals surface area contributed by atoms with E-state index in [-0.39, 0.29) is 17.9 Å². The highest BCUT2D eigenvalue weighted by atomic mass is 16.5. The second-order valence-corrected chi connectivity index (χ2v) is 3.15. The zero-order valence-electron chi connectivity index (χ0n) is 9.63. The van der Waals surface area contributed by atoms with Gasteiger partial charge in [-0.25, -0.2) is 0 Å². The summed E-state index contributed by atoms with van der Waals surface area (Å²) in [6.45, 7) is 6.63. The van der Waals surface area contributed by atoms with Gasteiger partial charge in [0.15, 0.2) is 0 Å². The fourth-order valence-electron chi connectivity index (χ4n) is 1.12. The van der Waals surface area contributed by atoms with E-state index in [0.717, 1.165) is 0 Å². The van der Waals surface area contributed by atoms with Crippen LogP contribution < -0.4 is 10.6 Å². The SMILES string of the molecule is CCOC(=O)C(CC)NCCNC(C)=O. The molecule has 0 aromatic carbocycles. The molecule has 1 amide bonds. The first-order valence-corrected chi connectivity index (χ1v) is 5.26. The summed E-state index contributed by atoms with van der Waals surface area (Å²) in [5, 5.41) is 5.66. The van der Waals surface area contributed by atoms with Gasteiger partial charge in [-0.05, 0) is 13.3 Å². The summed E-state index contributed by atoms with van der Waals surface area (Å²) in [6, 6.07) is -0.279. The maximum absolute atomic E-state index is 11.3. The van der Waals surface area contributed by atoms with Crippen LogP contribution in [-0.2, 0) is 14.3 Å². The number of hydrogen-bond donors (Lipinski definition) is 2. The standard InChI is InChI=1S/C10H20N2O3/c1-4-9(10(14)15-5-2)12-7-6-11-8(3)13/h9,12H,4-7H2,1-3H3,(H,11,13). The number of esters is 1. The van der Waals surface area contributed by atoms with Crippen LogP contribution in [0.2, 0.25) is 0 Å². The van der Waals surface area contributed by atoms with E-state index in [0.29, 0.717) is 26.1 Å². The van der Waals surface area contributed by atoms with E-state index in [1.807, 2.05) is 6.92 Å². The van der Waals surface area contributed by atoms with Gasteiger partial charge < -0.3 is 15.4 Å². The van der Waals surface area contributed by atoms with Crippen molar-refractivity contribution in [1.82, 2.24) is 10.6 Å². The van der Waals surface area contributed by atoms with Crippen molar-refractivity contribution in [2.24, 2.45) is 0 Å². The maximum atomic E-state index is 11.3. The average molecular weight is 216 g/mol. The van der Waals surface area contributed by atoms with Crippen LogP contribution in [0.4, 0.5) is 0 Å². The van der Waals surface area contributed by atoms with Crippen molar-refractivity contribution in [3.8, 4) is 0 Å². The smallest absolute Gasteiger partial charge is 0.323 e. The molecule has 15 heavy (non-hydrogen) atoms. The minimum atomic E-state index is -0.279. The van der Waals surface area contributed by atoms with Crippen LogP contribution in [0.5, 0.6) is 0 Å². The van der Waals surface area contributed by atoms with Gasteiger partial charge in [0.2, 0.25) is 5.91 Å². The van der Waals surface area contributed by atoms with Crippen LogP contribution >= 0.6 is 0 Å². The zero-order valence-corrected chi connectivity index (χ0v) is 9.63. The van der Waals surface area contributed by atoms with Crippen molar-refractivity contribution in [3.05, 3.63) is 0 Å². The highest BCUT2D eigenvalue weighted by Crippen LogP contribution is 1.94. The summed E-state index contributed by atoms with van der Waals surface area (Å²) >= 11 is 0. The van der Waals surface area contributed by atoms with Crippen molar-refractivity contribution in [2.45, 2.75) is 33.2 Å². The number of ether oxygens (including phenoxy) is 1. The Labute approximate surface area is 90.6 Å². The van der Waals surface area contributed by atoms with E-state index in [1.165, 1.54) is 6.92 Å². The van der Waals surface area contributed by atoms with E-state index < -0.39 is 0 Å². The van der Waals surface area contributed by atoms with Gasteiger partial charge in [0, 0.05) is 20.0 Å². The molecule has 0 aromatic heterocycles. The van der Waals surface area contributed by atoms with Gasteiger partial charge in [-0.1, -0.05) is 6.92 Å². The van der Waals surface area contributed by atoms with Gasteiger partial charge in [0.05, 0.1) is 6.61 Å². The predicted molar refractivity (Wildman–Crippen MR) is 57.4 cm³/mol. The monoisotopic (exact) mass is 216 g/mol. The zero-order chi connectivity index (χ0) is 11.7. The number of hydrogen-bond acceptors (Lipinski definition) is 4. The van der Waals surface area contributed by atoms with Gasteiger partial charge >= 0.3 is 5.97 Å². The largest absolute Gasteiger partial charge is 0.465 e. The molecule has 5 nitrogen and oxygen atoms in total. The van der Waals surface area contributed by atoms with Crippen LogP contribution in [-0.4, -0.2) is 37.6 Å². The lowest BCUT2D eigenvalue weighted by Gasteiger charge is -2.15. The minimum absolute atomic E-state index is 0.0685. The Morgan fingerprint density at radius 1 is 1.27 bits per heavy atom. The summed E-state index contributed by atoms with van der Waals surface area (Å²) < 4.78 is 4.88. The fraction of sp³-hybridized carbons (Fsp3) is 0.800. The number of carbonyl (C=O) groups excluding carboxylic acids is 2. The van der Waals surface area contributed by atoms with Crippen molar-refractivity contribution >= 4 is 11.9 Å². The van der Waals surface area contributed by atoms with Crippen LogP contribution in [0, 0.1) is 0 Å². The number of amides is 1. The summed E-state index contributed by atoms with van der Waals surface area (Å²) in [4.78, 5) is 21.9. The van der Waals surface area contributed by atoms with Crippen molar-refractivity contribution < 1.29 is 14.3 Å². The molecule has 0 aromatic rings. The number of rotatable bonds is 7. The second kappa shape index (κ2) is 8.23. The normalized spacial score (nSPS) is 11.9. The molecular formula is C10H20N2O3. The highest BCUT2D eigenvalue weighted by Gasteiger charge is 2.15. The first-order valence-electron chi connectivity index (χ1n) is 5.26. The van der Waals surface area contributed by atoms with Crippen molar-refractivity contribution in [2.75, 3.05) is 19.7 Å². The minimum Gasteiger partial charge on any atom is -0.465 e. The van der Waals surface area contributed by atoms with Gasteiger partial charge in [0.1, 0.15) is 6.04 Å². The molecular weight excluding hydrogens is 196 g/mol. The van der Waals surface area contributed by atoms with Crippen LogP contribution in [0.1, 0.15) is 27.2 Å². The fourth-order valence-corrected chi connectivity index (χ4v) is 1.12. The lowest BCUT2D eigenvalue weighted by molar-refractivity contribution is -0.145. The van der Waals surface area contributed by atoms with Gasteiger partial charge in [-0.15, -0.1) is 0 Å².